The average molecular weight is 411 g/mol. The Hall–Kier alpha value is -2.26. The topological polar surface area (TPSA) is 18.5 Å². The Morgan fingerprint density at radius 3 is 2.50 bits per heavy atom. The minimum absolute atomic E-state index is 0.860. The molecule has 1 aliphatic rings. The van der Waals surface area contributed by atoms with Gasteiger partial charge in [0.15, 0.2) is 0 Å². The third-order valence-corrected chi connectivity index (χ3v) is 4.96. The summed E-state index contributed by atoms with van der Waals surface area (Å²) in [5.74, 6) is 1.97. The van der Waals surface area contributed by atoms with Gasteiger partial charge < -0.3 is 9.47 Å². The van der Waals surface area contributed by atoms with Gasteiger partial charge in [-0.3, -0.25) is 0 Å². The van der Waals surface area contributed by atoms with Crippen molar-refractivity contribution in [2.75, 3.05) is 13.7 Å². The molecule has 0 N–H and O–H groups in total. The Labute approximate surface area is 163 Å². The maximum absolute atomic E-state index is 5.30. The van der Waals surface area contributed by atoms with Crippen molar-refractivity contribution in [3.05, 3.63) is 93.5 Å². The van der Waals surface area contributed by atoms with E-state index < -0.39 is 0 Å². The van der Waals surface area contributed by atoms with Gasteiger partial charge in [-0.2, -0.15) is 0 Å². The van der Waals surface area contributed by atoms with Gasteiger partial charge in [0.25, 0.3) is 0 Å². The van der Waals surface area contributed by atoms with Crippen LogP contribution >= 0.6 is 15.9 Å². The number of rotatable bonds is 3. The number of para-hydroxylation sites is 1. The molecular weight excluding hydrogens is 388 g/mol. The highest BCUT2D eigenvalue weighted by atomic mass is 79.9. The van der Waals surface area contributed by atoms with Crippen molar-refractivity contribution < 1.29 is 9.47 Å². The molecule has 0 aromatic heterocycles. The van der Waals surface area contributed by atoms with Crippen LogP contribution in [0.4, 0.5) is 0 Å². The summed E-state index contributed by atoms with van der Waals surface area (Å²) in [6.45, 7) is 3.00. The van der Waals surface area contributed by atoms with Crippen LogP contribution in [0.25, 0.3) is 0 Å². The second kappa shape index (κ2) is 8.91. The molecule has 26 heavy (non-hydrogen) atoms. The average Bonchev–Trinajstić information content (AvgIpc) is 3.15. The molecule has 3 heteroatoms. The van der Waals surface area contributed by atoms with Gasteiger partial charge in [-0.05, 0) is 65.9 Å². The number of hydrogen-bond acceptors (Lipinski definition) is 2. The Bertz CT molecular complexity index is 833. The first-order chi connectivity index (χ1) is 12.7. The van der Waals surface area contributed by atoms with E-state index in [-0.39, 0.29) is 0 Å². The first kappa shape index (κ1) is 18.5. The molecule has 0 radical (unpaired) electrons. The first-order valence-corrected chi connectivity index (χ1v) is 9.53. The number of methoxy groups -OCH3 is 1. The molecule has 0 amide bonds. The summed E-state index contributed by atoms with van der Waals surface area (Å²) in [6.07, 6.45) is 2.03. The number of benzene rings is 3. The second-order valence-corrected chi connectivity index (χ2v) is 7.22. The SMILES string of the molecule is COc1ccc(Cc2cc(Br)ccc2C)cc1.c1ccc2c(c1)CCO2. The zero-order valence-corrected chi connectivity index (χ0v) is 16.8. The van der Waals surface area contributed by atoms with E-state index >= 15 is 0 Å². The largest absolute Gasteiger partial charge is 0.497 e. The molecule has 3 aromatic rings. The van der Waals surface area contributed by atoms with Crippen molar-refractivity contribution >= 4 is 15.9 Å². The molecule has 0 fully saturated rings. The summed E-state index contributed by atoms with van der Waals surface area (Å²) < 4.78 is 11.6. The van der Waals surface area contributed by atoms with E-state index in [0.29, 0.717) is 0 Å². The molecule has 1 aliphatic heterocycles. The fourth-order valence-corrected chi connectivity index (χ4v) is 3.32. The van der Waals surface area contributed by atoms with Gasteiger partial charge in [-0.25, -0.2) is 0 Å². The molecule has 0 bridgehead atoms. The van der Waals surface area contributed by atoms with E-state index in [9.17, 15) is 0 Å². The Morgan fingerprint density at radius 2 is 1.77 bits per heavy atom. The molecule has 0 spiro atoms. The predicted molar refractivity (Wildman–Crippen MR) is 110 cm³/mol. The van der Waals surface area contributed by atoms with E-state index in [1.807, 2.05) is 30.3 Å². The minimum atomic E-state index is 0.860. The standard InChI is InChI=1S/C15H15BrO.C8H8O/c1-11-3-6-14(16)10-13(11)9-12-4-7-15(17-2)8-5-12;1-2-4-8-7(3-1)5-6-9-8/h3-8,10H,9H2,1-2H3;1-4H,5-6H2. The molecule has 1 heterocycles. The number of halogens is 1. The minimum Gasteiger partial charge on any atom is -0.497 e. The van der Waals surface area contributed by atoms with Crippen LogP contribution in [-0.2, 0) is 12.8 Å². The molecule has 0 atom stereocenters. The van der Waals surface area contributed by atoms with Crippen LogP contribution in [0.1, 0.15) is 22.3 Å². The van der Waals surface area contributed by atoms with Crippen LogP contribution in [0.15, 0.2) is 71.2 Å². The van der Waals surface area contributed by atoms with E-state index in [4.69, 9.17) is 9.47 Å². The van der Waals surface area contributed by atoms with Gasteiger partial charge in [0.2, 0.25) is 0 Å². The van der Waals surface area contributed by atoms with Gasteiger partial charge in [0, 0.05) is 10.9 Å². The maximum Gasteiger partial charge on any atom is 0.122 e. The number of aryl methyl sites for hydroxylation is 1. The van der Waals surface area contributed by atoms with Crippen LogP contribution in [0.5, 0.6) is 11.5 Å². The van der Waals surface area contributed by atoms with Gasteiger partial charge in [0.05, 0.1) is 13.7 Å². The lowest BCUT2D eigenvalue weighted by atomic mass is 10.0. The van der Waals surface area contributed by atoms with Crippen molar-refractivity contribution in [2.45, 2.75) is 19.8 Å². The lowest BCUT2D eigenvalue weighted by molar-refractivity contribution is 0.357. The molecule has 0 aliphatic carbocycles. The zero-order chi connectivity index (χ0) is 18.4. The third-order valence-electron chi connectivity index (χ3n) is 4.47. The Balaban J connectivity index is 0.000000181. The highest BCUT2D eigenvalue weighted by Gasteiger charge is 2.08. The number of fused-ring (bicyclic) bond motifs is 1. The normalized spacial score (nSPS) is 11.8. The van der Waals surface area contributed by atoms with Gasteiger partial charge in [0.1, 0.15) is 11.5 Å². The van der Waals surface area contributed by atoms with Crippen molar-refractivity contribution in [1.29, 1.82) is 0 Å². The van der Waals surface area contributed by atoms with Gasteiger partial charge in [-0.15, -0.1) is 0 Å². The third kappa shape index (κ3) is 4.89. The van der Waals surface area contributed by atoms with Crippen molar-refractivity contribution in [2.24, 2.45) is 0 Å². The van der Waals surface area contributed by atoms with Crippen LogP contribution in [0, 0.1) is 6.92 Å². The van der Waals surface area contributed by atoms with E-state index in [2.05, 4.69) is 59.3 Å². The molecule has 2 nitrogen and oxygen atoms in total. The summed E-state index contributed by atoms with van der Waals surface area (Å²) in [4.78, 5) is 0. The highest BCUT2D eigenvalue weighted by molar-refractivity contribution is 9.10. The van der Waals surface area contributed by atoms with Crippen molar-refractivity contribution in [1.82, 2.24) is 0 Å². The summed E-state index contributed by atoms with van der Waals surface area (Å²) >= 11 is 3.51. The monoisotopic (exact) mass is 410 g/mol. The summed E-state index contributed by atoms with van der Waals surface area (Å²) in [7, 11) is 1.69. The molecule has 134 valence electrons. The molecule has 4 rings (SSSR count). The predicted octanol–water partition coefficient (Wildman–Crippen LogP) is 5.98. The van der Waals surface area contributed by atoms with Crippen molar-refractivity contribution in [3.8, 4) is 11.5 Å². The molecule has 0 saturated carbocycles. The smallest absolute Gasteiger partial charge is 0.122 e. The summed E-state index contributed by atoms with van der Waals surface area (Å²) in [5, 5.41) is 0. The van der Waals surface area contributed by atoms with E-state index in [1.165, 1.54) is 22.3 Å². The second-order valence-electron chi connectivity index (χ2n) is 6.30. The fourth-order valence-electron chi connectivity index (χ4n) is 2.92. The zero-order valence-electron chi connectivity index (χ0n) is 15.2. The molecule has 0 unspecified atom stereocenters. The van der Waals surface area contributed by atoms with Crippen LogP contribution in [0.3, 0.4) is 0 Å². The van der Waals surface area contributed by atoms with Gasteiger partial charge in [-0.1, -0.05) is 52.3 Å². The molecular formula is C23H23BrO2. The lowest BCUT2D eigenvalue weighted by Gasteiger charge is -2.07. The maximum atomic E-state index is 5.30. The van der Waals surface area contributed by atoms with Crippen LogP contribution in [0.2, 0.25) is 0 Å². The van der Waals surface area contributed by atoms with E-state index in [1.54, 1.807) is 7.11 Å². The van der Waals surface area contributed by atoms with E-state index in [0.717, 1.165) is 35.4 Å². The fraction of sp³-hybridized carbons (Fsp3) is 0.217. The quantitative estimate of drug-likeness (QED) is 0.528. The Morgan fingerprint density at radius 1 is 1.00 bits per heavy atom. The lowest BCUT2D eigenvalue weighted by Crippen LogP contribution is -1.92. The van der Waals surface area contributed by atoms with Gasteiger partial charge >= 0.3 is 0 Å². The van der Waals surface area contributed by atoms with Crippen LogP contribution < -0.4 is 9.47 Å². The Kier molecular flexibility index (Phi) is 6.35. The first-order valence-electron chi connectivity index (χ1n) is 8.74. The number of hydrogen-bond donors (Lipinski definition) is 0. The molecule has 3 aromatic carbocycles. The molecule has 0 saturated heterocycles. The summed E-state index contributed by atoms with van der Waals surface area (Å²) in [5.41, 5.74) is 5.32. The number of ether oxygens (including phenoxy) is 2. The van der Waals surface area contributed by atoms with Crippen LogP contribution in [-0.4, -0.2) is 13.7 Å². The summed E-state index contributed by atoms with van der Waals surface area (Å²) in [6, 6.07) is 22.8. The highest BCUT2D eigenvalue weighted by Crippen LogP contribution is 2.23. The van der Waals surface area contributed by atoms with Crippen molar-refractivity contribution in [3.63, 3.8) is 0 Å².